The molecule has 2 heterocycles. The van der Waals surface area contributed by atoms with Crippen LogP contribution in [-0.4, -0.2) is 76.0 Å². The molecule has 2 aliphatic heterocycles. The summed E-state index contributed by atoms with van der Waals surface area (Å²) < 4.78 is 13.3. The number of carbonyl (C=O) groups is 3. The van der Waals surface area contributed by atoms with E-state index in [1.54, 1.807) is 32.0 Å². The van der Waals surface area contributed by atoms with Crippen LogP contribution in [0, 0.1) is 11.7 Å². The molecule has 0 aromatic heterocycles. The monoisotopic (exact) mass is 509 g/mol. The summed E-state index contributed by atoms with van der Waals surface area (Å²) in [6.45, 7) is 7.48. The first-order chi connectivity index (χ1) is 17.8. The molecule has 8 nitrogen and oxygen atoms in total. The van der Waals surface area contributed by atoms with E-state index < -0.39 is 12.2 Å². The number of nitrogens with one attached hydrogen (secondary N) is 1. The molecule has 4 rings (SSSR count). The Morgan fingerprint density at radius 2 is 1.76 bits per heavy atom. The highest BCUT2D eigenvalue weighted by Gasteiger charge is 2.51. The second-order valence-electron chi connectivity index (χ2n) is 10.1. The molecule has 2 saturated heterocycles. The zero-order valence-electron chi connectivity index (χ0n) is 21.8. The van der Waals surface area contributed by atoms with Gasteiger partial charge < -0.3 is 15.1 Å². The van der Waals surface area contributed by atoms with E-state index in [9.17, 15) is 18.8 Å². The lowest BCUT2D eigenvalue weighted by molar-refractivity contribution is -0.190. The maximum atomic E-state index is 13.6. The number of halogens is 1. The highest BCUT2D eigenvalue weighted by atomic mass is 19.1. The van der Waals surface area contributed by atoms with Crippen LogP contribution in [0.25, 0.3) is 0 Å². The van der Waals surface area contributed by atoms with E-state index in [2.05, 4.69) is 5.32 Å². The Hall–Kier alpha value is -3.46. The minimum atomic E-state index is -0.636. The molecule has 0 bridgehead atoms. The van der Waals surface area contributed by atoms with Gasteiger partial charge in [0.25, 0.3) is 0 Å². The van der Waals surface area contributed by atoms with Crippen molar-refractivity contribution in [2.24, 2.45) is 5.92 Å². The summed E-state index contributed by atoms with van der Waals surface area (Å²) in [6, 6.07) is 15.0. The standard InChI is InChI=1S/C28H36FN5O3/c1-4-32-19-26(35)33-24(16-20(2)3)27(36)31(15-14-21-10-12-23(29)13-11-21)18-25(33)34(32)28(37)30-17-22-8-6-5-7-9-22/h5-13,20,24-25H,4,14-19H2,1-3H3,(H,30,37)/t24-,25-/m0/s1. The van der Waals surface area contributed by atoms with Crippen LogP contribution in [0.3, 0.4) is 0 Å². The maximum Gasteiger partial charge on any atom is 0.334 e. The molecule has 198 valence electrons. The number of hydrazine groups is 1. The first kappa shape index (κ1) is 26.6. The van der Waals surface area contributed by atoms with E-state index >= 15 is 0 Å². The topological polar surface area (TPSA) is 76.2 Å². The molecule has 0 aliphatic carbocycles. The average molecular weight is 510 g/mol. The zero-order valence-corrected chi connectivity index (χ0v) is 21.8. The molecule has 2 aromatic carbocycles. The number of hydrogen-bond acceptors (Lipinski definition) is 4. The van der Waals surface area contributed by atoms with Crippen LogP contribution in [0.15, 0.2) is 54.6 Å². The fraction of sp³-hybridized carbons (Fsp3) is 0.464. The Labute approximate surface area is 218 Å². The van der Waals surface area contributed by atoms with Crippen molar-refractivity contribution in [3.05, 3.63) is 71.5 Å². The molecule has 2 aromatic rings. The molecule has 0 radical (unpaired) electrons. The third-order valence-corrected chi connectivity index (χ3v) is 6.97. The number of rotatable bonds is 8. The highest BCUT2D eigenvalue weighted by Crippen LogP contribution is 2.29. The largest absolute Gasteiger partial charge is 0.337 e. The number of fused-ring (bicyclic) bond motifs is 1. The van der Waals surface area contributed by atoms with Crippen molar-refractivity contribution in [2.45, 2.75) is 52.4 Å². The molecule has 1 N–H and O–H groups in total. The van der Waals surface area contributed by atoms with E-state index in [0.717, 1.165) is 11.1 Å². The second kappa shape index (κ2) is 11.7. The first-order valence-corrected chi connectivity index (χ1v) is 13.0. The van der Waals surface area contributed by atoms with Gasteiger partial charge in [0.2, 0.25) is 11.8 Å². The predicted molar refractivity (Wildman–Crippen MR) is 138 cm³/mol. The molecule has 2 fully saturated rings. The summed E-state index contributed by atoms with van der Waals surface area (Å²) in [5, 5.41) is 6.37. The Kier molecular flexibility index (Phi) is 8.43. The van der Waals surface area contributed by atoms with Gasteiger partial charge in [0, 0.05) is 19.6 Å². The first-order valence-electron chi connectivity index (χ1n) is 13.0. The van der Waals surface area contributed by atoms with Crippen molar-refractivity contribution in [1.82, 2.24) is 25.1 Å². The SMILES string of the molecule is CCN1CC(=O)N2[C@@H](CC(C)C)C(=O)N(CCc3ccc(F)cc3)C[C@@H]2N1C(=O)NCc1ccccc1. The van der Waals surface area contributed by atoms with Crippen molar-refractivity contribution >= 4 is 17.8 Å². The number of urea groups is 1. The fourth-order valence-electron chi connectivity index (χ4n) is 5.11. The van der Waals surface area contributed by atoms with Gasteiger partial charge in [-0.1, -0.05) is 63.2 Å². The number of hydrogen-bond donors (Lipinski definition) is 1. The molecule has 0 spiro atoms. The van der Waals surface area contributed by atoms with Crippen molar-refractivity contribution < 1.29 is 18.8 Å². The molecule has 37 heavy (non-hydrogen) atoms. The van der Waals surface area contributed by atoms with Gasteiger partial charge in [-0.25, -0.2) is 19.2 Å². The quantitative estimate of drug-likeness (QED) is 0.593. The molecular weight excluding hydrogens is 473 g/mol. The molecule has 4 amide bonds. The summed E-state index contributed by atoms with van der Waals surface area (Å²) in [4.78, 5) is 43.8. The Bertz CT molecular complexity index is 1090. The van der Waals surface area contributed by atoms with Gasteiger partial charge in [-0.3, -0.25) is 9.59 Å². The maximum absolute atomic E-state index is 13.6. The van der Waals surface area contributed by atoms with E-state index in [1.165, 1.54) is 12.1 Å². The number of amides is 4. The molecule has 2 aliphatic rings. The molecular formula is C28H36FN5O3. The smallest absolute Gasteiger partial charge is 0.334 e. The third kappa shape index (κ3) is 6.10. The molecule has 9 heteroatoms. The van der Waals surface area contributed by atoms with Crippen LogP contribution in [0.2, 0.25) is 0 Å². The van der Waals surface area contributed by atoms with Crippen molar-refractivity contribution in [3.8, 4) is 0 Å². The summed E-state index contributed by atoms with van der Waals surface area (Å²) in [6.07, 6.45) is 0.463. The van der Waals surface area contributed by atoms with Gasteiger partial charge in [0.1, 0.15) is 18.0 Å². The van der Waals surface area contributed by atoms with Crippen molar-refractivity contribution in [2.75, 3.05) is 26.2 Å². The van der Waals surface area contributed by atoms with Crippen LogP contribution in [0.1, 0.15) is 38.3 Å². The van der Waals surface area contributed by atoms with Gasteiger partial charge in [-0.05, 0) is 42.0 Å². The summed E-state index contributed by atoms with van der Waals surface area (Å²) in [7, 11) is 0. The average Bonchev–Trinajstić information content (AvgIpc) is 2.89. The number of nitrogens with zero attached hydrogens (tertiary/aromatic N) is 4. The molecule has 2 atom stereocenters. The predicted octanol–water partition coefficient (Wildman–Crippen LogP) is 3.24. The normalized spacial score (nSPS) is 20.4. The van der Waals surface area contributed by atoms with Crippen LogP contribution in [-0.2, 0) is 22.6 Å². The zero-order chi connectivity index (χ0) is 26.5. The van der Waals surface area contributed by atoms with Crippen LogP contribution < -0.4 is 5.32 Å². The second-order valence-corrected chi connectivity index (χ2v) is 10.1. The summed E-state index contributed by atoms with van der Waals surface area (Å²) >= 11 is 0. The lowest BCUT2D eigenvalue weighted by Crippen LogP contribution is -2.76. The van der Waals surface area contributed by atoms with E-state index in [1.807, 2.05) is 51.1 Å². The minimum absolute atomic E-state index is 0.0449. The lowest BCUT2D eigenvalue weighted by atomic mass is 9.96. The van der Waals surface area contributed by atoms with Gasteiger partial charge in [-0.2, -0.15) is 0 Å². The van der Waals surface area contributed by atoms with Gasteiger partial charge >= 0.3 is 6.03 Å². The fourth-order valence-corrected chi connectivity index (χ4v) is 5.11. The Morgan fingerprint density at radius 1 is 1.05 bits per heavy atom. The Morgan fingerprint density at radius 3 is 2.41 bits per heavy atom. The molecule has 0 saturated carbocycles. The van der Waals surface area contributed by atoms with E-state index in [4.69, 9.17) is 0 Å². The molecule has 0 unspecified atom stereocenters. The number of carbonyl (C=O) groups excluding carboxylic acids is 3. The van der Waals surface area contributed by atoms with Crippen molar-refractivity contribution in [3.63, 3.8) is 0 Å². The number of benzene rings is 2. The summed E-state index contributed by atoms with van der Waals surface area (Å²) in [5.74, 6) is -0.363. The highest BCUT2D eigenvalue weighted by molar-refractivity contribution is 5.91. The lowest BCUT2D eigenvalue weighted by Gasteiger charge is -2.55. The van der Waals surface area contributed by atoms with Crippen LogP contribution in [0.4, 0.5) is 9.18 Å². The number of likely N-dealkylation sites (N-methyl/N-ethyl adjacent to an activating group) is 1. The van der Waals surface area contributed by atoms with Gasteiger partial charge in [0.05, 0.1) is 13.1 Å². The van der Waals surface area contributed by atoms with Gasteiger partial charge in [-0.15, -0.1) is 0 Å². The van der Waals surface area contributed by atoms with E-state index in [-0.39, 0.29) is 42.7 Å². The third-order valence-electron chi connectivity index (χ3n) is 6.97. The minimum Gasteiger partial charge on any atom is -0.337 e. The van der Waals surface area contributed by atoms with Gasteiger partial charge in [0.15, 0.2) is 0 Å². The Balaban J connectivity index is 1.59. The van der Waals surface area contributed by atoms with Crippen LogP contribution >= 0.6 is 0 Å². The van der Waals surface area contributed by atoms with Crippen molar-refractivity contribution in [1.29, 1.82) is 0 Å². The van der Waals surface area contributed by atoms with Crippen LogP contribution in [0.5, 0.6) is 0 Å². The summed E-state index contributed by atoms with van der Waals surface area (Å²) in [5.41, 5.74) is 1.89. The van der Waals surface area contributed by atoms with E-state index in [0.29, 0.717) is 32.5 Å². The number of piperazine rings is 1.